The Hall–Kier alpha value is -2.44. The van der Waals surface area contributed by atoms with Crippen LogP contribution in [0.2, 0.25) is 10.0 Å². The van der Waals surface area contributed by atoms with Crippen molar-refractivity contribution in [1.29, 1.82) is 0 Å². The second kappa shape index (κ2) is 7.42. The van der Waals surface area contributed by atoms with E-state index in [4.69, 9.17) is 23.2 Å². The van der Waals surface area contributed by atoms with Crippen molar-refractivity contribution in [3.8, 4) is 11.1 Å². The van der Waals surface area contributed by atoms with E-state index in [0.717, 1.165) is 0 Å². The second-order valence-electron chi connectivity index (χ2n) is 4.93. The number of amides is 1. The van der Waals surface area contributed by atoms with Gasteiger partial charge in [0.15, 0.2) is 0 Å². The van der Waals surface area contributed by atoms with E-state index in [1.807, 2.05) is 0 Å². The molecule has 2 aromatic carbocycles. The van der Waals surface area contributed by atoms with Gasteiger partial charge in [0.05, 0.1) is 15.7 Å². The quantitative estimate of drug-likeness (QED) is 0.490. The standard InChI is InChI=1S/C16H12Cl2N2O4/c1-9(21)19-13-7-6-12(15(17)16(13)18)10-4-2-3-5-11(10)14(22)8-20(23)24/h2-7H,8H2,1H3,(H,19,21). The van der Waals surface area contributed by atoms with Crippen molar-refractivity contribution >= 4 is 40.6 Å². The van der Waals surface area contributed by atoms with Crippen molar-refractivity contribution in [3.05, 3.63) is 62.1 Å². The van der Waals surface area contributed by atoms with Gasteiger partial charge in [-0.1, -0.05) is 53.5 Å². The van der Waals surface area contributed by atoms with Gasteiger partial charge in [0.25, 0.3) is 6.54 Å². The van der Waals surface area contributed by atoms with Crippen LogP contribution >= 0.6 is 23.2 Å². The van der Waals surface area contributed by atoms with Crippen LogP contribution in [-0.4, -0.2) is 23.2 Å². The minimum Gasteiger partial charge on any atom is -0.325 e. The topological polar surface area (TPSA) is 89.3 Å². The maximum atomic E-state index is 12.1. The highest BCUT2D eigenvalue weighted by Gasteiger charge is 2.20. The molecule has 1 N–H and O–H groups in total. The highest BCUT2D eigenvalue weighted by molar-refractivity contribution is 6.45. The predicted molar refractivity (Wildman–Crippen MR) is 92.4 cm³/mol. The smallest absolute Gasteiger partial charge is 0.265 e. The number of rotatable bonds is 5. The van der Waals surface area contributed by atoms with E-state index in [1.165, 1.54) is 13.0 Å². The highest BCUT2D eigenvalue weighted by atomic mass is 35.5. The Morgan fingerprint density at radius 3 is 2.38 bits per heavy atom. The zero-order valence-electron chi connectivity index (χ0n) is 12.5. The molecule has 0 aliphatic rings. The minimum absolute atomic E-state index is 0.126. The zero-order chi connectivity index (χ0) is 17.9. The van der Waals surface area contributed by atoms with Crippen LogP contribution in [0.25, 0.3) is 11.1 Å². The first kappa shape index (κ1) is 17.9. The fraction of sp³-hybridized carbons (Fsp3) is 0.125. The molecule has 0 radical (unpaired) electrons. The normalized spacial score (nSPS) is 10.3. The minimum atomic E-state index is -0.813. The molecule has 0 bridgehead atoms. The van der Waals surface area contributed by atoms with E-state index < -0.39 is 17.3 Å². The van der Waals surface area contributed by atoms with Crippen molar-refractivity contribution in [2.24, 2.45) is 0 Å². The van der Waals surface area contributed by atoms with Crippen LogP contribution in [0, 0.1) is 10.1 Å². The van der Waals surface area contributed by atoms with Gasteiger partial charge in [-0.3, -0.25) is 19.7 Å². The third kappa shape index (κ3) is 3.90. The molecule has 8 heteroatoms. The van der Waals surface area contributed by atoms with Gasteiger partial charge >= 0.3 is 0 Å². The van der Waals surface area contributed by atoms with Crippen molar-refractivity contribution in [2.75, 3.05) is 11.9 Å². The SMILES string of the molecule is CC(=O)Nc1ccc(-c2ccccc2C(=O)C[N+](=O)[O-])c(Cl)c1Cl. The molecule has 2 rings (SSSR count). The number of carbonyl (C=O) groups is 2. The van der Waals surface area contributed by atoms with Crippen LogP contribution in [0.3, 0.4) is 0 Å². The summed E-state index contributed by atoms with van der Waals surface area (Å²) >= 11 is 12.4. The first-order valence-electron chi connectivity index (χ1n) is 6.81. The molecule has 0 atom stereocenters. The Labute approximate surface area is 147 Å². The lowest BCUT2D eigenvalue weighted by molar-refractivity contribution is -0.465. The number of nitrogens with zero attached hydrogens (tertiary/aromatic N) is 1. The van der Waals surface area contributed by atoms with Crippen LogP contribution in [-0.2, 0) is 4.79 Å². The van der Waals surface area contributed by atoms with Crippen LogP contribution < -0.4 is 5.32 Å². The van der Waals surface area contributed by atoms with Gasteiger partial charge in [-0.25, -0.2) is 0 Å². The molecule has 0 heterocycles. The fourth-order valence-corrected chi connectivity index (χ4v) is 2.69. The average molecular weight is 367 g/mol. The summed E-state index contributed by atoms with van der Waals surface area (Å²) in [4.78, 5) is 33.1. The predicted octanol–water partition coefficient (Wildman–Crippen LogP) is 4.08. The molecular weight excluding hydrogens is 355 g/mol. The largest absolute Gasteiger partial charge is 0.325 e. The van der Waals surface area contributed by atoms with Crippen LogP contribution in [0.15, 0.2) is 36.4 Å². The van der Waals surface area contributed by atoms with Gasteiger partial charge in [-0.2, -0.15) is 0 Å². The number of nitro groups is 1. The summed E-state index contributed by atoms with van der Waals surface area (Å²) in [6, 6.07) is 9.56. The van der Waals surface area contributed by atoms with E-state index in [-0.39, 0.29) is 21.5 Å². The van der Waals surface area contributed by atoms with Crippen LogP contribution in [0.1, 0.15) is 17.3 Å². The lowest BCUT2D eigenvalue weighted by atomic mass is 9.96. The van der Waals surface area contributed by atoms with Crippen molar-refractivity contribution in [3.63, 3.8) is 0 Å². The molecule has 0 spiro atoms. The molecule has 0 fully saturated rings. The number of ketones is 1. The molecule has 0 aromatic heterocycles. The lowest BCUT2D eigenvalue weighted by Gasteiger charge is -2.13. The summed E-state index contributed by atoms with van der Waals surface area (Å²) in [5.41, 5.74) is 1.40. The summed E-state index contributed by atoms with van der Waals surface area (Å²) in [6.07, 6.45) is 0. The molecule has 124 valence electrons. The van der Waals surface area contributed by atoms with E-state index in [2.05, 4.69) is 5.32 Å². The third-order valence-corrected chi connectivity index (χ3v) is 4.07. The summed E-state index contributed by atoms with van der Waals surface area (Å²) in [7, 11) is 0. The van der Waals surface area contributed by atoms with Gasteiger partial charge in [0, 0.05) is 23.0 Å². The summed E-state index contributed by atoms with van der Waals surface area (Å²) in [5, 5.41) is 13.4. The Morgan fingerprint density at radius 1 is 1.08 bits per heavy atom. The average Bonchev–Trinajstić information content (AvgIpc) is 2.51. The van der Waals surface area contributed by atoms with E-state index >= 15 is 0 Å². The summed E-state index contributed by atoms with van der Waals surface area (Å²) in [5.74, 6) is -0.934. The number of carbonyl (C=O) groups excluding carboxylic acids is 2. The maximum absolute atomic E-state index is 12.1. The molecule has 6 nitrogen and oxygen atoms in total. The molecular formula is C16H12Cl2N2O4. The zero-order valence-corrected chi connectivity index (χ0v) is 14.0. The van der Waals surface area contributed by atoms with Gasteiger partial charge in [-0.05, 0) is 11.6 Å². The third-order valence-electron chi connectivity index (χ3n) is 3.18. The van der Waals surface area contributed by atoms with Crippen molar-refractivity contribution in [1.82, 2.24) is 0 Å². The Balaban J connectivity index is 2.53. The Kier molecular flexibility index (Phi) is 5.54. The molecule has 24 heavy (non-hydrogen) atoms. The summed E-state index contributed by atoms with van der Waals surface area (Å²) in [6.45, 7) is 0.524. The van der Waals surface area contributed by atoms with Crippen LogP contribution in [0.5, 0.6) is 0 Å². The second-order valence-corrected chi connectivity index (χ2v) is 5.69. The molecule has 0 saturated heterocycles. The summed E-state index contributed by atoms with van der Waals surface area (Å²) < 4.78 is 0. The van der Waals surface area contributed by atoms with Crippen LogP contribution in [0.4, 0.5) is 5.69 Å². The first-order valence-corrected chi connectivity index (χ1v) is 7.57. The molecule has 0 aliphatic heterocycles. The monoisotopic (exact) mass is 366 g/mol. The number of halogens is 2. The maximum Gasteiger partial charge on any atom is 0.265 e. The van der Waals surface area contributed by atoms with Gasteiger partial charge in [-0.15, -0.1) is 0 Å². The van der Waals surface area contributed by atoms with E-state index in [9.17, 15) is 19.7 Å². The number of anilines is 1. The number of benzene rings is 2. The molecule has 0 unspecified atom stereocenters. The van der Waals surface area contributed by atoms with E-state index in [0.29, 0.717) is 16.8 Å². The van der Waals surface area contributed by atoms with Gasteiger partial charge in [0.1, 0.15) is 0 Å². The lowest BCUT2D eigenvalue weighted by Crippen LogP contribution is -2.14. The fourth-order valence-electron chi connectivity index (χ4n) is 2.21. The Morgan fingerprint density at radius 2 is 1.75 bits per heavy atom. The van der Waals surface area contributed by atoms with Gasteiger partial charge < -0.3 is 5.32 Å². The molecule has 1 amide bonds. The van der Waals surface area contributed by atoms with E-state index in [1.54, 1.807) is 30.3 Å². The van der Waals surface area contributed by atoms with Crippen molar-refractivity contribution in [2.45, 2.75) is 6.92 Å². The highest BCUT2D eigenvalue weighted by Crippen LogP contribution is 2.39. The first-order chi connectivity index (χ1) is 11.3. The number of hydrogen-bond acceptors (Lipinski definition) is 4. The molecule has 0 aliphatic carbocycles. The van der Waals surface area contributed by atoms with Gasteiger partial charge in [0.2, 0.25) is 11.7 Å². The number of Topliss-reactive ketones (excluding diaryl/α,β-unsaturated/α-hetero) is 1. The molecule has 2 aromatic rings. The Bertz CT molecular complexity index is 837. The van der Waals surface area contributed by atoms with Crippen molar-refractivity contribution < 1.29 is 14.5 Å². The number of hydrogen-bond donors (Lipinski definition) is 1. The number of nitrogens with one attached hydrogen (secondary N) is 1. The molecule has 0 saturated carbocycles.